The molecule has 1 aliphatic heterocycles. The van der Waals surface area contributed by atoms with E-state index in [1.807, 2.05) is 91.0 Å². The molecule has 3 aromatic rings. The van der Waals surface area contributed by atoms with E-state index in [2.05, 4.69) is 0 Å². The van der Waals surface area contributed by atoms with Crippen molar-refractivity contribution in [2.24, 2.45) is 5.92 Å². The normalized spacial score (nSPS) is 26.7. The molecule has 5 rings (SSSR count). The number of carbonyl (C=O) groups is 1. The quantitative estimate of drug-likeness (QED) is 0.288. The number of carbonyl (C=O) groups excluding carboxylic acids is 1. The highest BCUT2D eigenvalue weighted by Gasteiger charge is 2.62. The maximum Gasteiger partial charge on any atom is 0.305 e. The Bertz CT molecular complexity index is 1090. The summed E-state index contributed by atoms with van der Waals surface area (Å²) in [5, 5.41) is 0. The van der Waals surface area contributed by atoms with Gasteiger partial charge in [-0.3, -0.25) is 4.79 Å². The fourth-order valence-corrected chi connectivity index (χ4v) is 4.96. The average Bonchev–Trinajstić information content (AvgIpc) is 3.73. The molecule has 6 heteroatoms. The third-order valence-corrected chi connectivity index (χ3v) is 6.86. The molecule has 0 N–H and O–H groups in total. The largest absolute Gasteiger partial charge is 0.469 e. The van der Waals surface area contributed by atoms with Crippen LogP contribution in [0.1, 0.15) is 23.1 Å². The number of esters is 1. The van der Waals surface area contributed by atoms with Gasteiger partial charge in [-0.1, -0.05) is 91.0 Å². The molecule has 0 amide bonds. The predicted molar refractivity (Wildman–Crippen MR) is 134 cm³/mol. The van der Waals surface area contributed by atoms with Crippen LogP contribution in [0.4, 0.5) is 0 Å². The molecule has 1 heterocycles. The summed E-state index contributed by atoms with van der Waals surface area (Å²) in [4.78, 5) is 12.3. The van der Waals surface area contributed by atoms with Crippen molar-refractivity contribution in [1.82, 2.24) is 0 Å². The zero-order chi connectivity index (χ0) is 24.7. The van der Waals surface area contributed by atoms with E-state index in [0.29, 0.717) is 19.8 Å². The summed E-state index contributed by atoms with van der Waals surface area (Å²) >= 11 is 0. The van der Waals surface area contributed by atoms with Crippen LogP contribution < -0.4 is 0 Å². The Morgan fingerprint density at radius 3 is 1.56 bits per heavy atom. The van der Waals surface area contributed by atoms with E-state index in [1.54, 1.807) is 0 Å². The van der Waals surface area contributed by atoms with Gasteiger partial charge < -0.3 is 23.7 Å². The molecule has 1 aliphatic carbocycles. The molecule has 36 heavy (non-hydrogen) atoms. The first-order valence-electron chi connectivity index (χ1n) is 12.4. The Hall–Kier alpha value is -3.03. The van der Waals surface area contributed by atoms with Crippen LogP contribution in [0.2, 0.25) is 0 Å². The lowest BCUT2D eigenvalue weighted by Crippen LogP contribution is -2.55. The van der Waals surface area contributed by atoms with Crippen LogP contribution in [-0.2, 0) is 48.3 Å². The highest BCUT2D eigenvalue weighted by atomic mass is 16.6. The van der Waals surface area contributed by atoms with E-state index in [4.69, 9.17) is 23.7 Å². The zero-order valence-electron chi connectivity index (χ0n) is 20.4. The van der Waals surface area contributed by atoms with Crippen molar-refractivity contribution in [3.8, 4) is 0 Å². The summed E-state index contributed by atoms with van der Waals surface area (Å²) in [7, 11) is 1.41. The second-order valence-electron chi connectivity index (χ2n) is 9.29. The lowest BCUT2D eigenvalue weighted by molar-refractivity contribution is -0.182. The molecule has 0 bridgehead atoms. The van der Waals surface area contributed by atoms with Gasteiger partial charge in [-0.2, -0.15) is 0 Å². The predicted octanol–water partition coefficient (Wildman–Crippen LogP) is 4.70. The van der Waals surface area contributed by atoms with Gasteiger partial charge in [0.25, 0.3) is 0 Å². The smallest absolute Gasteiger partial charge is 0.305 e. The Morgan fingerprint density at radius 1 is 0.639 bits per heavy atom. The minimum absolute atomic E-state index is 0.137. The number of epoxide rings is 1. The van der Waals surface area contributed by atoms with Crippen molar-refractivity contribution in [1.29, 1.82) is 0 Å². The first kappa shape index (κ1) is 24.7. The Morgan fingerprint density at radius 2 is 1.08 bits per heavy atom. The van der Waals surface area contributed by atoms with Gasteiger partial charge in [0, 0.05) is 5.92 Å². The van der Waals surface area contributed by atoms with Gasteiger partial charge in [-0.15, -0.1) is 0 Å². The third kappa shape index (κ3) is 6.02. The summed E-state index contributed by atoms with van der Waals surface area (Å²) in [6.07, 6.45) is -1.24. The van der Waals surface area contributed by atoms with E-state index < -0.39 is 12.2 Å². The summed E-state index contributed by atoms with van der Waals surface area (Å²) in [5.74, 6) is -0.475. The molecule has 0 aromatic heterocycles. The molecule has 0 spiro atoms. The molecule has 1 saturated heterocycles. The van der Waals surface area contributed by atoms with Crippen LogP contribution in [0.3, 0.4) is 0 Å². The van der Waals surface area contributed by atoms with E-state index in [1.165, 1.54) is 7.11 Å². The van der Waals surface area contributed by atoms with Crippen LogP contribution in [0, 0.1) is 5.92 Å². The van der Waals surface area contributed by atoms with Gasteiger partial charge in [0.2, 0.25) is 0 Å². The first-order chi connectivity index (χ1) is 17.7. The Balaban J connectivity index is 1.39. The van der Waals surface area contributed by atoms with Gasteiger partial charge in [0.1, 0.15) is 18.3 Å². The fraction of sp³-hybridized carbons (Fsp3) is 0.367. The van der Waals surface area contributed by atoms with Crippen molar-refractivity contribution in [2.75, 3.05) is 7.11 Å². The lowest BCUT2D eigenvalue weighted by atomic mass is 9.80. The Labute approximate surface area is 212 Å². The van der Waals surface area contributed by atoms with Gasteiger partial charge in [0.05, 0.1) is 45.6 Å². The van der Waals surface area contributed by atoms with Crippen molar-refractivity contribution in [2.45, 2.75) is 56.8 Å². The second kappa shape index (κ2) is 11.8. The molecule has 188 valence electrons. The summed E-state index contributed by atoms with van der Waals surface area (Å²) in [6.45, 7) is 1.25. The lowest BCUT2D eigenvalue weighted by Gasteiger charge is -2.40. The van der Waals surface area contributed by atoms with E-state index in [9.17, 15) is 4.79 Å². The minimum atomic E-state index is -0.420. The van der Waals surface area contributed by atoms with Gasteiger partial charge in [-0.05, 0) is 16.7 Å². The van der Waals surface area contributed by atoms with E-state index in [-0.39, 0.29) is 36.6 Å². The standard InChI is InChI=1S/C30H32O6/c1-32-25(31)17-24-26(33-18-21-11-5-2-6-12-21)28(34-19-22-13-7-3-8-14-22)29(30-27(24)36-30)35-20-23-15-9-4-10-16-23/h2-16,24,26-30H,17-20H2,1H3/t24-,26-,27-,28+,29-,30-/m1/s1. The van der Waals surface area contributed by atoms with E-state index >= 15 is 0 Å². The van der Waals surface area contributed by atoms with E-state index in [0.717, 1.165) is 16.7 Å². The molecular formula is C30H32O6. The third-order valence-electron chi connectivity index (χ3n) is 6.86. The number of hydrogen-bond acceptors (Lipinski definition) is 6. The SMILES string of the molecule is COC(=O)C[C@@H]1[C@@H](OCc2ccccc2)[C@H](OCc2ccccc2)[C@@H](OCc2ccccc2)[C@@H]2O[C@H]12. The number of fused-ring (bicyclic) bond motifs is 1. The average molecular weight is 489 g/mol. The summed E-state index contributed by atoms with van der Waals surface area (Å²) in [6, 6.07) is 30.1. The molecular weight excluding hydrogens is 456 g/mol. The molecule has 0 unspecified atom stereocenters. The molecule has 3 aromatic carbocycles. The Kier molecular flexibility index (Phi) is 8.08. The van der Waals surface area contributed by atoms with Crippen LogP contribution in [0.5, 0.6) is 0 Å². The molecule has 0 radical (unpaired) electrons. The maximum absolute atomic E-state index is 12.3. The van der Waals surface area contributed by atoms with Crippen molar-refractivity contribution in [3.05, 3.63) is 108 Å². The monoisotopic (exact) mass is 488 g/mol. The first-order valence-corrected chi connectivity index (χ1v) is 12.4. The van der Waals surface area contributed by atoms with Crippen LogP contribution >= 0.6 is 0 Å². The molecule has 2 aliphatic rings. The van der Waals surface area contributed by atoms with Gasteiger partial charge >= 0.3 is 5.97 Å². The summed E-state index contributed by atoms with van der Waals surface area (Å²) < 4.78 is 30.6. The summed E-state index contributed by atoms with van der Waals surface area (Å²) in [5.41, 5.74) is 3.19. The van der Waals surface area contributed by atoms with Crippen LogP contribution in [-0.4, -0.2) is 43.6 Å². The van der Waals surface area contributed by atoms with Crippen molar-refractivity contribution in [3.63, 3.8) is 0 Å². The van der Waals surface area contributed by atoms with Gasteiger partial charge in [-0.25, -0.2) is 0 Å². The van der Waals surface area contributed by atoms with Crippen molar-refractivity contribution >= 4 is 5.97 Å². The number of ether oxygens (including phenoxy) is 5. The van der Waals surface area contributed by atoms with Crippen LogP contribution in [0.15, 0.2) is 91.0 Å². The molecule has 6 atom stereocenters. The zero-order valence-corrected chi connectivity index (χ0v) is 20.4. The highest BCUT2D eigenvalue weighted by molar-refractivity contribution is 5.69. The molecule has 6 nitrogen and oxygen atoms in total. The second-order valence-corrected chi connectivity index (χ2v) is 9.29. The molecule has 1 saturated carbocycles. The minimum Gasteiger partial charge on any atom is -0.469 e. The number of hydrogen-bond donors (Lipinski definition) is 0. The molecule has 2 fully saturated rings. The highest BCUT2D eigenvalue weighted by Crippen LogP contribution is 2.47. The topological polar surface area (TPSA) is 66.5 Å². The fourth-order valence-electron chi connectivity index (χ4n) is 4.96. The number of benzene rings is 3. The number of methoxy groups -OCH3 is 1. The number of rotatable bonds is 11. The van der Waals surface area contributed by atoms with Gasteiger partial charge in [0.15, 0.2) is 0 Å². The maximum atomic E-state index is 12.3. The van der Waals surface area contributed by atoms with Crippen molar-refractivity contribution < 1.29 is 28.5 Å². The van der Waals surface area contributed by atoms with Crippen LogP contribution in [0.25, 0.3) is 0 Å².